The molecule has 1 aromatic rings. The number of alkyl halides is 3. The molecule has 1 aromatic carbocycles. The molecule has 0 unspecified atom stereocenters. The van der Waals surface area contributed by atoms with Crippen LogP contribution in [-0.2, 0) is 11.0 Å². The van der Waals surface area contributed by atoms with Gasteiger partial charge in [-0.1, -0.05) is 19.1 Å². The molecule has 0 fully saturated rings. The Morgan fingerprint density at radius 2 is 1.88 bits per heavy atom. The van der Waals surface area contributed by atoms with Crippen molar-refractivity contribution in [2.24, 2.45) is 0 Å². The van der Waals surface area contributed by atoms with Gasteiger partial charge in [-0.05, 0) is 29.8 Å². The van der Waals surface area contributed by atoms with Crippen molar-refractivity contribution in [1.29, 1.82) is 0 Å². The Morgan fingerprint density at radius 3 is 2.58 bits per heavy atom. The van der Waals surface area contributed by atoms with Gasteiger partial charge in [-0.3, -0.25) is 9.59 Å². The quantitative estimate of drug-likeness (QED) is 0.499. The maximum Gasteiger partial charge on any atom is 0.416 e. The summed E-state index contributed by atoms with van der Waals surface area (Å²) >= 11 is 0. The van der Waals surface area contributed by atoms with Crippen molar-refractivity contribution in [3.63, 3.8) is 0 Å². The average Bonchev–Trinajstić information content (AvgIpc) is 2.63. The summed E-state index contributed by atoms with van der Waals surface area (Å²) in [5.74, 6) is -0.541. The minimum Gasteiger partial charge on any atom is -0.472 e. The van der Waals surface area contributed by atoms with Crippen molar-refractivity contribution in [1.82, 2.24) is 0 Å². The van der Waals surface area contributed by atoms with Crippen LogP contribution in [0, 0.1) is 0 Å². The number of esters is 1. The molecule has 26 heavy (non-hydrogen) atoms. The molecule has 1 heterocycles. The van der Waals surface area contributed by atoms with Gasteiger partial charge in [-0.2, -0.15) is 13.2 Å². The Bertz CT molecular complexity index is 989. The van der Waals surface area contributed by atoms with Gasteiger partial charge in [0.15, 0.2) is 5.43 Å². The van der Waals surface area contributed by atoms with Gasteiger partial charge in [0.1, 0.15) is 12.0 Å². The van der Waals surface area contributed by atoms with Gasteiger partial charge in [0.25, 0.3) is 0 Å². The third-order valence-electron chi connectivity index (χ3n) is 3.82. The molecule has 0 amide bonds. The van der Waals surface area contributed by atoms with Crippen molar-refractivity contribution >= 4 is 5.97 Å². The first-order chi connectivity index (χ1) is 12.3. The molecule has 4 nitrogen and oxygen atoms in total. The van der Waals surface area contributed by atoms with Crippen LogP contribution in [0.4, 0.5) is 13.2 Å². The Balaban J connectivity index is 2.29. The Labute approximate surface area is 146 Å². The molecule has 134 valence electrons. The van der Waals surface area contributed by atoms with Gasteiger partial charge < -0.3 is 9.15 Å². The molecule has 1 aliphatic heterocycles. The zero-order valence-electron chi connectivity index (χ0n) is 13.6. The van der Waals surface area contributed by atoms with Crippen LogP contribution in [0.5, 0.6) is 5.75 Å². The fraction of sp³-hybridized carbons (Fsp3) is 0.158. The summed E-state index contributed by atoms with van der Waals surface area (Å²) in [5, 5.41) is 0. The van der Waals surface area contributed by atoms with E-state index in [9.17, 15) is 22.8 Å². The highest BCUT2D eigenvalue weighted by Crippen LogP contribution is 2.40. The van der Waals surface area contributed by atoms with E-state index in [0.29, 0.717) is 0 Å². The van der Waals surface area contributed by atoms with E-state index < -0.39 is 23.1 Å². The van der Waals surface area contributed by atoms with Gasteiger partial charge in [0.2, 0.25) is 0 Å². The van der Waals surface area contributed by atoms with E-state index in [2.05, 4.69) is 0 Å². The third-order valence-corrected chi connectivity index (χ3v) is 3.82. The highest BCUT2D eigenvalue weighted by Gasteiger charge is 2.31. The van der Waals surface area contributed by atoms with Gasteiger partial charge in [-0.25, -0.2) is 0 Å². The lowest BCUT2D eigenvalue weighted by Crippen LogP contribution is -2.13. The van der Waals surface area contributed by atoms with Crippen LogP contribution >= 0.6 is 0 Å². The van der Waals surface area contributed by atoms with E-state index in [1.807, 2.05) is 0 Å². The lowest BCUT2D eigenvalue weighted by atomic mass is 9.95. The van der Waals surface area contributed by atoms with Crippen LogP contribution in [0.2, 0.25) is 0 Å². The van der Waals surface area contributed by atoms with Gasteiger partial charge in [0, 0.05) is 17.5 Å². The second-order valence-corrected chi connectivity index (χ2v) is 5.54. The third kappa shape index (κ3) is 3.33. The van der Waals surface area contributed by atoms with E-state index >= 15 is 0 Å². The molecule has 3 rings (SSSR count). The van der Waals surface area contributed by atoms with E-state index in [1.54, 1.807) is 6.92 Å². The van der Waals surface area contributed by atoms with Crippen LogP contribution < -0.4 is 10.2 Å². The van der Waals surface area contributed by atoms with Crippen LogP contribution in [0.3, 0.4) is 0 Å². The van der Waals surface area contributed by atoms with E-state index in [0.717, 1.165) is 18.2 Å². The van der Waals surface area contributed by atoms with Gasteiger partial charge in [-0.15, -0.1) is 0 Å². The Kier molecular flexibility index (Phi) is 4.54. The van der Waals surface area contributed by atoms with Crippen molar-refractivity contribution in [2.45, 2.75) is 19.5 Å². The molecule has 0 atom stereocenters. The fourth-order valence-corrected chi connectivity index (χ4v) is 2.55. The monoisotopic (exact) mass is 362 g/mol. The molecule has 0 bridgehead atoms. The van der Waals surface area contributed by atoms with Gasteiger partial charge in [0.05, 0.1) is 17.4 Å². The maximum absolute atomic E-state index is 13.0. The summed E-state index contributed by atoms with van der Waals surface area (Å²) in [4.78, 5) is 24.2. The van der Waals surface area contributed by atoms with Crippen LogP contribution in [0.1, 0.15) is 18.9 Å². The topological polar surface area (TPSA) is 56.5 Å². The molecule has 0 aromatic heterocycles. The van der Waals surface area contributed by atoms with E-state index in [-0.39, 0.29) is 34.4 Å². The zero-order valence-corrected chi connectivity index (χ0v) is 13.6. The lowest BCUT2D eigenvalue weighted by molar-refractivity contribution is -0.137. The van der Waals surface area contributed by atoms with Crippen LogP contribution in [-0.4, -0.2) is 5.97 Å². The maximum atomic E-state index is 13.0. The van der Waals surface area contributed by atoms with Crippen molar-refractivity contribution < 1.29 is 27.1 Å². The molecule has 0 N–H and O–H groups in total. The van der Waals surface area contributed by atoms with E-state index in [4.69, 9.17) is 9.15 Å². The first kappa shape index (κ1) is 17.7. The summed E-state index contributed by atoms with van der Waals surface area (Å²) < 4.78 is 49.4. The predicted molar refractivity (Wildman–Crippen MR) is 88.0 cm³/mol. The smallest absolute Gasteiger partial charge is 0.416 e. The van der Waals surface area contributed by atoms with Crippen molar-refractivity contribution in [3.05, 3.63) is 64.7 Å². The first-order valence-electron chi connectivity index (χ1n) is 7.72. The number of hydrogen-bond acceptors (Lipinski definition) is 4. The minimum absolute atomic E-state index is 0.0292. The first-order valence-corrected chi connectivity index (χ1v) is 7.72. The van der Waals surface area contributed by atoms with Gasteiger partial charge >= 0.3 is 12.1 Å². The highest BCUT2D eigenvalue weighted by molar-refractivity contribution is 5.87. The molecular weight excluding hydrogens is 349 g/mol. The SMILES string of the molecule is CCC(=O)Oc1c(-c2cccc(C(F)(F)F)c2)cc(=O)c2coccc1-2. The normalized spacial score (nSPS) is 11.5. The highest BCUT2D eigenvalue weighted by atomic mass is 19.4. The number of fused-ring (bicyclic) bond motifs is 1. The zero-order chi connectivity index (χ0) is 18.9. The lowest BCUT2D eigenvalue weighted by Gasteiger charge is -2.16. The molecule has 1 aliphatic carbocycles. The molecule has 7 heteroatoms. The summed E-state index contributed by atoms with van der Waals surface area (Å²) in [6.45, 7) is 1.59. The van der Waals surface area contributed by atoms with Crippen LogP contribution in [0.25, 0.3) is 22.3 Å². The molecule has 0 saturated carbocycles. The average molecular weight is 362 g/mol. The van der Waals surface area contributed by atoms with Crippen LogP contribution in [0.15, 0.2) is 58.1 Å². The number of carbonyl (C=O) groups excluding carboxylic acids is 1. The number of halogens is 3. The Hall–Kier alpha value is -3.09. The summed E-state index contributed by atoms with van der Waals surface area (Å²) in [7, 11) is 0. The number of benzene rings is 2. The molecule has 0 saturated heterocycles. The molecule has 0 radical (unpaired) electrons. The van der Waals surface area contributed by atoms with Crippen molar-refractivity contribution in [3.8, 4) is 28.0 Å². The predicted octanol–water partition coefficient (Wildman–Crippen LogP) is 4.75. The molecule has 0 spiro atoms. The second-order valence-electron chi connectivity index (χ2n) is 5.54. The standard InChI is InChI=1S/C19H13F3O4/c1-2-17(24)26-18-13-6-7-25-10-15(13)16(23)9-14(18)11-4-3-5-12(8-11)19(20,21)22/h3-10H,2H2,1H3. The number of carbonyl (C=O) groups is 1. The fourth-order valence-electron chi connectivity index (χ4n) is 2.55. The minimum atomic E-state index is -4.54. The van der Waals surface area contributed by atoms with E-state index in [1.165, 1.54) is 30.7 Å². The number of hydrogen-bond donors (Lipinski definition) is 0. The molecule has 2 aliphatic rings. The summed E-state index contributed by atoms with van der Waals surface area (Å²) in [5.41, 5.74) is -0.619. The summed E-state index contributed by atoms with van der Waals surface area (Å²) in [6.07, 6.45) is -1.97. The number of ether oxygens (including phenoxy) is 1. The second kappa shape index (κ2) is 6.67. The summed E-state index contributed by atoms with van der Waals surface area (Å²) in [6, 6.07) is 7.08. The molecular formula is C19H13F3O4. The largest absolute Gasteiger partial charge is 0.472 e. The number of rotatable bonds is 3. The Morgan fingerprint density at radius 1 is 1.12 bits per heavy atom. The van der Waals surface area contributed by atoms with Crippen molar-refractivity contribution in [2.75, 3.05) is 0 Å².